The summed E-state index contributed by atoms with van der Waals surface area (Å²) in [5, 5.41) is 58.8. The number of nitriles is 4. The van der Waals surface area contributed by atoms with Crippen molar-refractivity contribution in [1.29, 1.82) is 21.0 Å². The van der Waals surface area contributed by atoms with Gasteiger partial charge in [0.15, 0.2) is 22.7 Å². The predicted molar refractivity (Wildman–Crippen MR) is 327 cm³/mol. The van der Waals surface area contributed by atoms with Crippen molar-refractivity contribution < 1.29 is 37.5 Å². The summed E-state index contributed by atoms with van der Waals surface area (Å²) < 4.78 is 8.20. The second-order valence-corrected chi connectivity index (χ2v) is 16.7. The Morgan fingerprint density at radius 1 is 0.393 bits per heavy atom. The first kappa shape index (κ1) is 81.4. The van der Waals surface area contributed by atoms with Gasteiger partial charge in [-0.25, -0.2) is 49.1 Å². The van der Waals surface area contributed by atoms with E-state index in [-0.39, 0.29) is 73.3 Å². The van der Waals surface area contributed by atoms with E-state index in [4.69, 9.17) is 74.6 Å². The molecule has 0 aliphatic carbocycles. The van der Waals surface area contributed by atoms with E-state index in [1.807, 2.05) is 0 Å². The van der Waals surface area contributed by atoms with Gasteiger partial charge >= 0.3 is 50.1 Å². The number of anilines is 4. The van der Waals surface area contributed by atoms with E-state index in [1.165, 1.54) is 84.1 Å². The molecule has 0 aliphatic rings. The summed E-state index contributed by atoms with van der Waals surface area (Å²) in [6, 6.07) is 17.1. The van der Waals surface area contributed by atoms with Crippen LogP contribution in [0.2, 0.25) is 0 Å². The van der Waals surface area contributed by atoms with Gasteiger partial charge in [0.1, 0.15) is 23.3 Å². The molecule has 0 aromatic carbocycles. The van der Waals surface area contributed by atoms with Gasteiger partial charge in [-0.3, -0.25) is 55.7 Å². The van der Waals surface area contributed by atoms with E-state index in [1.54, 1.807) is 88.4 Å². The number of pyridine rings is 2. The molecule has 0 fully saturated rings. The topological polar surface area (TPSA) is 583 Å². The van der Waals surface area contributed by atoms with Gasteiger partial charge < -0.3 is 53.6 Å². The monoisotopic (exact) mass is 1340 g/mol. The molecular formula is C50H62CdN24O14. The zero-order chi connectivity index (χ0) is 68.9. The average Bonchev–Trinajstić information content (AvgIpc) is 3.50. The van der Waals surface area contributed by atoms with E-state index >= 15 is 0 Å². The quantitative estimate of drug-likeness (QED) is 0.0688. The molecule has 89 heavy (non-hydrogen) atoms. The molecule has 0 radical (unpaired) electrons. The molecule has 0 saturated carbocycles. The molecule has 0 unspecified atom stereocenters. The maximum absolute atomic E-state index is 12.5. The minimum atomic E-state index is -1.75. The Morgan fingerprint density at radius 2 is 0.528 bits per heavy atom. The summed E-state index contributed by atoms with van der Waals surface area (Å²) in [6.45, 7) is 12.3. The van der Waals surface area contributed by atoms with E-state index in [0.717, 1.165) is 36.5 Å². The van der Waals surface area contributed by atoms with Crippen LogP contribution in [0, 0.1) is 76.0 Å². The number of aromatic nitrogens is 10. The number of hydrogen-bond acceptors (Lipinski definition) is 28. The first-order chi connectivity index (χ1) is 40.8. The van der Waals surface area contributed by atoms with Gasteiger partial charge in [-0.1, -0.05) is 12.1 Å². The zero-order valence-corrected chi connectivity index (χ0v) is 55.2. The first-order valence-electron chi connectivity index (χ1n) is 24.1. The molecule has 0 bridgehead atoms. The Balaban J connectivity index is -0.00000127. The largest absolute Gasteiger partial charge is 2.00 e. The third-order valence-electron chi connectivity index (χ3n) is 10.8. The van der Waals surface area contributed by atoms with Crippen LogP contribution in [0.5, 0.6) is 0 Å². The van der Waals surface area contributed by atoms with Crippen LogP contribution in [-0.2, 0) is 83.7 Å². The van der Waals surface area contributed by atoms with Crippen molar-refractivity contribution in [3.05, 3.63) is 173 Å². The molecule has 8 N–H and O–H groups in total. The van der Waals surface area contributed by atoms with Gasteiger partial charge in [0.05, 0.1) is 80.1 Å². The molecule has 0 atom stereocenters. The fraction of sp³-hybridized carbons (Fsp3) is 0.320. The van der Waals surface area contributed by atoms with Gasteiger partial charge in [0, 0.05) is 84.1 Å². The van der Waals surface area contributed by atoms with Gasteiger partial charge in [-0.2, -0.15) is 21.0 Å². The maximum Gasteiger partial charge on any atom is 2.00 e. The van der Waals surface area contributed by atoms with Gasteiger partial charge in [0.2, 0.25) is 0 Å². The van der Waals surface area contributed by atoms with Gasteiger partial charge in [0.25, 0.3) is 22.2 Å². The molecule has 0 saturated heterocycles. The van der Waals surface area contributed by atoms with E-state index < -0.39 is 55.2 Å². The molecule has 6 aromatic heterocycles. The predicted octanol–water partition coefficient (Wildman–Crippen LogP) is 0.283. The van der Waals surface area contributed by atoms with Crippen molar-refractivity contribution in [3.8, 4) is 24.3 Å². The number of nitrogens with two attached hydrogens (primary N) is 4. The maximum atomic E-state index is 12.5. The second-order valence-electron chi connectivity index (χ2n) is 16.7. The molecular weight excluding hydrogens is 1270 g/mol. The van der Waals surface area contributed by atoms with Crippen LogP contribution >= 0.6 is 0 Å². The molecule has 6 aromatic rings. The zero-order valence-electron chi connectivity index (χ0n) is 51.1. The molecule has 39 heteroatoms. The van der Waals surface area contributed by atoms with Gasteiger partial charge in [-0.15, -0.1) is 0 Å². The molecule has 6 heterocycles. The summed E-state index contributed by atoms with van der Waals surface area (Å²) in [5.41, 5.74) is 21.8. The fourth-order valence-electron chi connectivity index (χ4n) is 6.36. The summed E-state index contributed by atoms with van der Waals surface area (Å²) in [6.07, 6.45) is 0. The van der Waals surface area contributed by atoms with E-state index in [9.17, 15) is 38.4 Å². The summed E-state index contributed by atoms with van der Waals surface area (Å²) in [7, 11) is 11.1. The number of nitrogen functional groups attached to an aromatic ring is 4. The number of hydrogen-bond donors (Lipinski definition) is 4. The van der Waals surface area contributed by atoms with E-state index in [2.05, 4.69) is 29.9 Å². The molecule has 468 valence electrons. The summed E-state index contributed by atoms with van der Waals surface area (Å²) in [5.74, 6) is -0.269. The Kier molecular flexibility index (Phi) is 34.9. The van der Waals surface area contributed by atoms with Crippen molar-refractivity contribution in [2.45, 2.75) is 55.4 Å². The second kappa shape index (κ2) is 38.2. The number of aliphatic imine (C=N–C) groups is 4. The van der Waals surface area contributed by atoms with Crippen molar-refractivity contribution >= 4 is 68.9 Å². The third kappa shape index (κ3) is 22.6. The van der Waals surface area contributed by atoms with Crippen LogP contribution in [0.25, 0.3) is 0 Å². The van der Waals surface area contributed by atoms with Crippen LogP contribution in [0.1, 0.15) is 78.2 Å². The Bertz CT molecular complexity index is 3850. The minimum Gasteiger partial charge on any atom is -0.383 e. The normalized spacial score (nSPS) is 10.3. The summed E-state index contributed by atoms with van der Waals surface area (Å²) in [4.78, 5) is 141. The van der Waals surface area contributed by atoms with Crippen molar-refractivity contribution in [1.82, 2.24) is 46.5 Å². The SMILES string of the molecule is CC#N.CC#N.CC#N.CC#N.CC(=Nc1c(N)n(C)c(=O)n(C)c1=O)c1cccc(C(C)=Nc2c(N)n(C)c(=O)n(C)c2=O)n1.CC(=Nc1c(N)n(C)c(=O)n(C)c1=O)c1cccc(C(C)=Nc2c(N)n(C)c(=O)n(C)c2=O)n1.O=[N+]([O-])[O-].O=[N+]([O-])[O-].[Cd+2]. The first-order valence-corrected chi connectivity index (χ1v) is 24.1. The van der Waals surface area contributed by atoms with Crippen molar-refractivity contribution in [3.63, 3.8) is 0 Å². The molecule has 0 aliphatic heterocycles. The Hall–Kier alpha value is -11.8. The van der Waals surface area contributed by atoms with Crippen LogP contribution in [0.3, 0.4) is 0 Å². The molecule has 0 spiro atoms. The smallest absolute Gasteiger partial charge is 0.383 e. The van der Waals surface area contributed by atoms with Crippen LogP contribution in [0.4, 0.5) is 46.0 Å². The standard InChI is InChI=1S/2C21H25N9O4.4C2H3N.Cd.2NO3/c2*1-10(24-14-16(22)27(3)20(33)29(5)18(14)31)12-8-7-9-13(26-12)11(2)25-15-17(23)28(4)21(34)30(6)19(15)32;4*1-2-3;;2*2-1(3)4/h2*7-9H,22-23H2,1-6H3;4*1H3;;;/q;;;;;;+2;2*-1. The number of nitrogens with zero attached hydrogens (tertiary/aromatic N) is 20. The minimum absolute atomic E-state index is 0. The van der Waals surface area contributed by atoms with Crippen LogP contribution < -0.4 is 67.9 Å². The Labute approximate surface area is 523 Å². The molecule has 6 rings (SSSR count). The third-order valence-corrected chi connectivity index (χ3v) is 10.8. The van der Waals surface area contributed by atoms with Crippen molar-refractivity contribution in [2.75, 3.05) is 22.9 Å². The fourth-order valence-corrected chi connectivity index (χ4v) is 6.36. The average molecular weight is 1340 g/mol. The van der Waals surface area contributed by atoms with E-state index in [0.29, 0.717) is 45.6 Å². The van der Waals surface area contributed by atoms with Crippen LogP contribution in [-0.4, -0.2) is 79.5 Å². The van der Waals surface area contributed by atoms with Crippen LogP contribution in [0.15, 0.2) is 94.7 Å². The Morgan fingerprint density at radius 3 is 0.663 bits per heavy atom. The molecule has 0 amide bonds. The summed E-state index contributed by atoms with van der Waals surface area (Å²) >= 11 is 0. The van der Waals surface area contributed by atoms with Crippen molar-refractivity contribution in [2.24, 2.45) is 76.4 Å². The van der Waals surface area contributed by atoms with Gasteiger partial charge in [-0.05, 0) is 52.0 Å². The number of rotatable bonds is 8. The molecule has 38 nitrogen and oxygen atoms in total.